The van der Waals surface area contributed by atoms with Crippen molar-refractivity contribution < 1.29 is 4.11 Å². The highest BCUT2D eigenvalue weighted by Gasteiger charge is 2.05. The molecule has 0 atom stereocenters. The van der Waals surface area contributed by atoms with Gasteiger partial charge in [0.25, 0.3) is 5.56 Å². The number of hydrogen-bond donors (Lipinski definition) is 1. The van der Waals surface area contributed by atoms with E-state index >= 15 is 0 Å². The Labute approximate surface area is 87.2 Å². The number of aryl methyl sites for hydroxylation is 1. The van der Waals surface area contributed by atoms with Crippen LogP contribution in [0.2, 0.25) is 5.15 Å². The first kappa shape index (κ1) is 5.98. The molecule has 2 aromatic heterocycles. The molecule has 0 spiro atoms. The van der Waals surface area contributed by atoms with Crippen LogP contribution in [-0.4, -0.2) is 14.5 Å². The minimum atomic E-state index is -2.70. The molecule has 1 N–H and O–H groups in total. The van der Waals surface area contributed by atoms with Gasteiger partial charge in [-0.2, -0.15) is 0 Å². The SMILES string of the molecule is [2H]C([2H])([2H])n1c(=O)[nH]c(=O)c2nc(Cl)ccc21. The third-order valence-corrected chi connectivity index (χ3v) is 1.93. The number of nitrogens with one attached hydrogen (secondary N) is 1. The van der Waals surface area contributed by atoms with Crippen molar-refractivity contribution in [2.24, 2.45) is 6.98 Å². The Balaban J connectivity index is 3.04. The van der Waals surface area contributed by atoms with Crippen LogP contribution >= 0.6 is 11.6 Å². The van der Waals surface area contributed by atoms with Crippen LogP contribution in [0.5, 0.6) is 0 Å². The van der Waals surface area contributed by atoms with E-state index in [1.54, 1.807) is 0 Å². The van der Waals surface area contributed by atoms with Gasteiger partial charge in [-0.3, -0.25) is 14.3 Å². The molecule has 2 rings (SSSR count). The molecule has 0 radical (unpaired) electrons. The maximum atomic E-state index is 11.5. The van der Waals surface area contributed by atoms with Crippen LogP contribution < -0.4 is 11.2 Å². The van der Waals surface area contributed by atoms with E-state index in [0.29, 0.717) is 4.57 Å². The Morgan fingerprint density at radius 3 is 3.07 bits per heavy atom. The summed E-state index contributed by atoms with van der Waals surface area (Å²) < 4.78 is 22.2. The molecule has 0 saturated carbocycles. The number of pyridine rings is 1. The number of nitrogens with zero attached hydrogens (tertiary/aromatic N) is 2. The largest absolute Gasteiger partial charge is 0.328 e. The molecule has 0 amide bonds. The van der Waals surface area contributed by atoms with Crippen molar-refractivity contribution in [2.45, 2.75) is 0 Å². The zero-order valence-electron chi connectivity index (χ0n) is 9.74. The van der Waals surface area contributed by atoms with Gasteiger partial charge < -0.3 is 0 Å². The zero-order valence-corrected chi connectivity index (χ0v) is 7.50. The van der Waals surface area contributed by atoms with Crippen molar-refractivity contribution in [1.82, 2.24) is 14.5 Å². The van der Waals surface area contributed by atoms with Crippen LogP contribution in [0.15, 0.2) is 21.7 Å². The molecule has 2 heterocycles. The summed E-state index contributed by atoms with van der Waals surface area (Å²) in [4.78, 5) is 28.5. The normalized spacial score (nSPS) is 14.8. The summed E-state index contributed by atoms with van der Waals surface area (Å²) in [5.74, 6) is 0. The summed E-state index contributed by atoms with van der Waals surface area (Å²) in [5, 5.41) is 0.0405. The Morgan fingerprint density at radius 2 is 2.36 bits per heavy atom. The van der Waals surface area contributed by atoms with Gasteiger partial charge in [0.05, 0.1) is 5.52 Å². The Kier molecular flexibility index (Phi) is 1.26. The van der Waals surface area contributed by atoms with Gasteiger partial charge in [-0.05, 0) is 12.1 Å². The highest BCUT2D eigenvalue weighted by atomic mass is 35.5. The van der Waals surface area contributed by atoms with E-state index in [-0.39, 0.29) is 16.2 Å². The summed E-state index contributed by atoms with van der Waals surface area (Å²) >= 11 is 5.61. The summed E-state index contributed by atoms with van der Waals surface area (Å²) in [5.41, 5.74) is -2.05. The zero-order chi connectivity index (χ0) is 12.8. The van der Waals surface area contributed by atoms with Gasteiger partial charge in [0.1, 0.15) is 5.15 Å². The quantitative estimate of drug-likeness (QED) is 0.641. The van der Waals surface area contributed by atoms with Crippen molar-refractivity contribution >= 4 is 22.6 Å². The van der Waals surface area contributed by atoms with Crippen molar-refractivity contribution in [3.63, 3.8) is 0 Å². The average molecular weight is 215 g/mol. The standard InChI is InChI=1S/C8H6ClN3O2/c1-12-4-2-3-5(9)10-6(4)7(13)11-8(12)14/h2-3H,1H3,(H,11,13,14)/i1D3. The van der Waals surface area contributed by atoms with Gasteiger partial charge in [-0.1, -0.05) is 11.6 Å². The van der Waals surface area contributed by atoms with Gasteiger partial charge in [0.2, 0.25) is 0 Å². The van der Waals surface area contributed by atoms with E-state index in [1.807, 2.05) is 4.98 Å². The van der Waals surface area contributed by atoms with Gasteiger partial charge in [0, 0.05) is 11.1 Å². The molecular formula is C8H6ClN3O2. The number of halogens is 1. The Hall–Kier alpha value is -1.62. The molecule has 5 nitrogen and oxygen atoms in total. The van der Waals surface area contributed by atoms with E-state index in [2.05, 4.69) is 4.98 Å². The molecule has 0 aliphatic carbocycles. The minimum absolute atomic E-state index is 0.0405. The van der Waals surface area contributed by atoms with Crippen LogP contribution in [0.1, 0.15) is 4.11 Å². The number of rotatable bonds is 0. The van der Waals surface area contributed by atoms with Crippen LogP contribution in [0, 0.1) is 0 Å². The molecule has 0 aliphatic rings. The summed E-state index contributed by atoms with van der Waals surface area (Å²) in [6.07, 6.45) is 0. The highest BCUT2D eigenvalue weighted by molar-refractivity contribution is 6.29. The molecule has 2 aromatic rings. The fraction of sp³-hybridized carbons (Fsp3) is 0.125. The fourth-order valence-electron chi connectivity index (χ4n) is 1.10. The van der Waals surface area contributed by atoms with Crippen molar-refractivity contribution in [1.29, 1.82) is 0 Å². The average Bonchev–Trinajstić information content (AvgIpc) is 2.17. The molecule has 72 valence electrons. The first-order valence-electron chi connectivity index (χ1n) is 5.13. The second kappa shape index (κ2) is 2.95. The maximum absolute atomic E-state index is 11.5. The number of aromatic amines is 1. The van der Waals surface area contributed by atoms with E-state index < -0.39 is 18.2 Å². The smallest absolute Gasteiger partial charge is 0.295 e. The minimum Gasteiger partial charge on any atom is -0.295 e. The second-order valence-electron chi connectivity index (χ2n) is 2.60. The number of aromatic nitrogens is 3. The molecule has 0 unspecified atom stereocenters. The van der Waals surface area contributed by atoms with Gasteiger partial charge in [-0.25, -0.2) is 9.78 Å². The Morgan fingerprint density at radius 1 is 1.57 bits per heavy atom. The lowest BCUT2D eigenvalue weighted by atomic mass is 10.3. The van der Waals surface area contributed by atoms with E-state index in [4.69, 9.17) is 15.7 Å². The van der Waals surface area contributed by atoms with Crippen LogP contribution in [0.25, 0.3) is 11.0 Å². The van der Waals surface area contributed by atoms with Gasteiger partial charge in [0.15, 0.2) is 5.52 Å². The molecular weight excluding hydrogens is 206 g/mol. The summed E-state index contributed by atoms with van der Waals surface area (Å²) in [6, 6.07) is 2.58. The molecule has 6 heteroatoms. The molecule has 0 saturated heterocycles. The first-order valence-corrected chi connectivity index (χ1v) is 4.00. The van der Waals surface area contributed by atoms with Crippen molar-refractivity contribution in [3.05, 3.63) is 38.1 Å². The molecule has 0 aromatic carbocycles. The first-order chi connectivity index (χ1) is 7.80. The topological polar surface area (TPSA) is 67.8 Å². The fourth-order valence-corrected chi connectivity index (χ4v) is 1.24. The van der Waals surface area contributed by atoms with Crippen LogP contribution in [0.3, 0.4) is 0 Å². The second-order valence-corrected chi connectivity index (χ2v) is 2.98. The number of H-pyrrole nitrogens is 1. The lowest BCUT2D eigenvalue weighted by Gasteiger charge is -2.01. The summed E-state index contributed by atoms with van der Waals surface area (Å²) in [6.45, 7) is -2.70. The third kappa shape index (κ3) is 1.22. The number of hydrogen-bond acceptors (Lipinski definition) is 3. The summed E-state index contributed by atoms with van der Waals surface area (Å²) in [7, 11) is 0. The monoisotopic (exact) mass is 214 g/mol. The molecule has 14 heavy (non-hydrogen) atoms. The highest BCUT2D eigenvalue weighted by Crippen LogP contribution is 2.09. The van der Waals surface area contributed by atoms with E-state index in [1.165, 1.54) is 12.1 Å². The molecule has 0 aliphatic heterocycles. The van der Waals surface area contributed by atoms with E-state index in [9.17, 15) is 9.59 Å². The van der Waals surface area contributed by atoms with Crippen molar-refractivity contribution in [2.75, 3.05) is 0 Å². The lowest BCUT2D eigenvalue weighted by Crippen LogP contribution is -2.28. The predicted molar refractivity (Wildman–Crippen MR) is 52.6 cm³/mol. The lowest BCUT2D eigenvalue weighted by molar-refractivity contribution is 0.839. The van der Waals surface area contributed by atoms with Crippen molar-refractivity contribution in [3.8, 4) is 0 Å². The number of fused-ring (bicyclic) bond motifs is 1. The van der Waals surface area contributed by atoms with Gasteiger partial charge >= 0.3 is 5.69 Å². The maximum Gasteiger partial charge on any atom is 0.328 e. The van der Waals surface area contributed by atoms with Gasteiger partial charge in [-0.15, -0.1) is 0 Å². The molecule has 0 fully saturated rings. The van der Waals surface area contributed by atoms with E-state index in [0.717, 1.165) is 0 Å². The third-order valence-electron chi connectivity index (χ3n) is 1.72. The van der Waals surface area contributed by atoms with Crippen LogP contribution in [0.4, 0.5) is 0 Å². The van der Waals surface area contributed by atoms with Crippen LogP contribution in [-0.2, 0) is 6.98 Å². The predicted octanol–water partition coefficient (Wildman–Crippen LogP) is 0.275. The molecule has 0 bridgehead atoms. The Bertz CT molecular complexity index is 704.